The van der Waals surface area contributed by atoms with E-state index in [1.165, 1.54) is 0 Å². The Hall–Kier alpha value is -1.06. The summed E-state index contributed by atoms with van der Waals surface area (Å²) in [4.78, 5) is 2.25. The van der Waals surface area contributed by atoms with E-state index in [2.05, 4.69) is 11.9 Å². The quantitative estimate of drug-likeness (QED) is 0.877. The molecule has 1 heterocycles. The molecule has 0 atom stereocenters. The maximum atomic E-state index is 10.6. The minimum atomic E-state index is -0.654. The number of benzene rings is 1. The summed E-state index contributed by atoms with van der Waals surface area (Å²) in [6, 6.07) is 7.74. The van der Waals surface area contributed by atoms with Crippen LogP contribution in [0.3, 0.4) is 0 Å². The lowest BCUT2D eigenvalue weighted by atomic mass is 9.84. The molecule has 0 spiro atoms. The summed E-state index contributed by atoms with van der Waals surface area (Å²) in [6.07, 6.45) is 1.60. The summed E-state index contributed by atoms with van der Waals surface area (Å²) in [5.41, 5.74) is 0.347. The molecule has 1 aliphatic heterocycles. The first-order valence-corrected chi connectivity index (χ1v) is 6.69. The molecule has 1 N–H and O–H groups in total. The fourth-order valence-corrected chi connectivity index (χ4v) is 2.18. The standard InChI is InChI=1S/C13H19NO2.C2H6/c1-14-9-7-13(15,8-10-14)11-3-5-12(16-2)6-4-11;1-2/h3-6,15H,7-10H2,1-2H3;1-2H3. The molecule has 1 aromatic carbocycles. The van der Waals surface area contributed by atoms with Gasteiger partial charge in [0, 0.05) is 13.1 Å². The number of likely N-dealkylation sites (tertiary alicyclic amines) is 1. The Morgan fingerprint density at radius 1 is 1.11 bits per heavy atom. The largest absolute Gasteiger partial charge is 0.497 e. The van der Waals surface area contributed by atoms with Crippen LogP contribution in [-0.2, 0) is 5.60 Å². The second kappa shape index (κ2) is 6.76. The van der Waals surface area contributed by atoms with E-state index >= 15 is 0 Å². The predicted octanol–water partition coefficient (Wildman–Crippen LogP) is 2.63. The molecule has 0 amide bonds. The maximum Gasteiger partial charge on any atom is 0.118 e. The van der Waals surface area contributed by atoms with Gasteiger partial charge in [0.05, 0.1) is 12.7 Å². The fourth-order valence-electron chi connectivity index (χ4n) is 2.18. The van der Waals surface area contributed by atoms with Crippen molar-refractivity contribution >= 4 is 0 Å². The molecule has 0 unspecified atom stereocenters. The van der Waals surface area contributed by atoms with Crippen LogP contribution in [0.2, 0.25) is 0 Å². The van der Waals surface area contributed by atoms with Crippen LogP contribution in [0.25, 0.3) is 0 Å². The van der Waals surface area contributed by atoms with E-state index in [0.29, 0.717) is 0 Å². The lowest BCUT2D eigenvalue weighted by Gasteiger charge is -2.36. The Bertz CT molecular complexity index is 340. The monoisotopic (exact) mass is 251 g/mol. The average molecular weight is 251 g/mol. The molecule has 18 heavy (non-hydrogen) atoms. The molecule has 102 valence electrons. The van der Waals surface area contributed by atoms with Crippen LogP contribution >= 0.6 is 0 Å². The first kappa shape index (κ1) is 15.0. The Labute approximate surface area is 110 Å². The molecule has 0 saturated carbocycles. The molecule has 3 nitrogen and oxygen atoms in total. The molecule has 3 heteroatoms. The highest BCUT2D eigenvalue weighted by Gasteiger charge is 2.32. The SMILES string of the molecule is CC.COc1ccc(C2(O)CCN(C)CC2)cc1. The Balaban J connectivity index is 0.000000771. The van der Waals surface area contributed by atoms with Crippen LogP contribution in [0.5, 0.6) is 5.75 Å². The normalized spacial score (nSPS) is 18.7. The molecule has 1 saturated heterocycles. The van der Waals surface area contributed by atoms with E-state index in [4.69, 9.17) is 4.74 Å². The molecule has 0 aliphatic carbocycles. The van der Waals surface area contributed by atoms with Crippen LogP contribution in [0, 0.1) is 0 Å². The summed E-state index contributed by atoms with van der Waals surface area (Å²) in [6.45, 7) is 5.89. The highest BCUT2D eigenvalue weighted by Crippen LogP contribution is 2.33. The molecular weight excluding hydrogens is 226 g/mol. The van der Waals surface area contributed by atoms with Crippen LogP contribution < -0.4 is 4.74 Å². The van der Waals surface area contributed by atoms with Crippen molar-refractivity contribution in [2.24, 2.45) is 0 Å². The number of methoxy groups -OCH3 is 1. The second-order valence-corrected chi connectivity index (χ2v) is 4.56. The van der Waals surface area contributed by atoms with Gasteiger partial charge in [0.2, 0.25) is 0 Å². The van der Waals surface area contributed by atoms with Gasteiger partial charge in [-0.2, -0.15) is 0 Å². The summed E-state index contributed by atoms with van der Waals surface area (Å²) >= 11 is 0. The van der Waals surface area contributed by atoms with Crippen molar-refractivity contribution in [3.05, 3.63) is 29.8 Å². The molecule has 1 fully saturated rings. The Kier molecular flexibility index (Phi) is 5.63. The van der Waals surface area contributed by atoms with Crippen LogP contribution in [0.15, 0.2) is 24.3 Å². The van der Waals surface area contributed by atoms with Gasteiger partial charge in [0.15, 0.2) is 0 Å². The van der Waals surface area contributed by atoms with Crippen molar-refractivity contribution < 1.29 is 9.84 Å². The summed E-state index contributed by atoms with van der Waals surface area (Å²) < 4.78 is 5.12. The van der Waals surface area contributed by atoms with Gasteiger partial charge in [-0.3, -0.25) is 0 Å². The number of nitrogens with zero attached hydrogens (tertiary/aromatic N) is 1. The topological polar surface area (TPSA) is 32.7 Å². The van der Waals surface area contributed by atoms with Crippen molar-refractivity contribution in [3.8, 4) is 5.75 Å². The van der Waals surface area contributed by atoms with Crippen LogP contribution in [0.4, 0.5) is 0 Å². The number of piperidine rings is 1. The molecule has 1 aliphatic rings. The number of rotatable bonds is 2. The van der Waals surface area contributed by atoms with E-state index in [0.717, 1.165) is 37.2 Å². The van der Waals surface area contributed by atoms with Gasteiger partial charge in [-0.1, -0.05) is 26.0 Å². The summed E-state index contributed by atoms with van der Waals surface area (Å²) in [5.74, 6) is 0.834. The van der Waals surface area contributed by atoms with Gasteiger partial charge in [-0.05, 0) is 37.6 Å². The maximum absolute atomic E-state index is 10.6. The van der Waals surface area contributed by atoms with Gasteiger partial charge in [0.1, 0.15) is 5.75 Å². The highest BCUT2D eigenvalue weighted by molar-refractivity contribution is 5.31. The first-order chi connectivity index (χ1) is 8.64. The molecule has 0 aromatic heterocycles. The van der Waals surface area contributed by atoms with Crippen molar-refractivity contribution in [3.63, 3.8) is 0 Å². The van der Waals surface area contributed by atoms with Crippen LogP contribution in [-0.4, -0.2) is 37.3 Å². The zero-order valence-electron chi connectivity index (χ0n) is 11.9. The second-order valence-electron chi connectivity index (χ2n) is 4.56. The third kappa shape index (κ3) is 3.47. The summed E-state index contributed by atoms with van der Waals surface area (Å²) in [5, 5.41) is 10.6. The van der Waals surface area contributed by atoms with E-state index < -0.39 is 5.60 Å². The van der Waals surface area contributed by atoms with Crippen LogP contribution in [0.1, 0.15) is 32.3 Å². The van der Waals surface area contributed by atoms with Crippen molar-refractivity contribution in [1.82, 2.24) is 4.90 Å². The number of aliphatic hydroxyl groups is 1. The zero-order chi connectivity index (χ0) is 13.6. The molecule has 1 aromatic rings. The minimum Gasteiger partial charge on any atom is -0.497 e. The predicted molar refractivity (Wildman–Crippen MR) is 75.0 cm³/mol. The molecule has 2 rings (SSSR count). The third-order valence-corrected chi connectivity index (χ3v) is 3.44. The third-order valence-electron chi connectivity index (χ3n) is 3.44. The number of hydrogen-bond donors (Lipinski definition) is 1. The van der Waals surface area contributed by atoms with E-state index in [1.54, 1.807) is 7.11 Å². The van der Waals surface area contributed by atoms with E-state index in [9.17, 15) is 5.11 Å². The molecular formula is C15H25NO2. The van der Waals surface area contributed by atoms with Gasteiger partial charge in [-0.15, -0.1) is 0 Å². The molecule has 0 bridgehead atoms. The van der Waals surface area contributed by atoms with Crippen molar-refractivity contribution in [2.75, 3.05) is 27.2 Å². The van der Waals surface area contributed by atoms with E-state index in [-0.39, 0.29) is 0 Å². The van der Waals surface area contributed by atoms with Gasteiger partial charge in [0.25, 0.3) is 0 Å². The summed E-state index contributed by atoms with van der Waals surface area (Å²) in [7, 11) is 3.74. The molecule has 0 radical (unpaired) electrons. The Morgan fingerprint density at radius 3 is 2.06 bits per heavy atom. The first-order valence-electron chi connectivity index (χ1n) is 6.69. The lowest BCUT2D eigenvalue weighted by molar-refractivity contribution is -0.0203. The highest BCUT2D eigenvalue weighted by atomic mass is 16.5. The average Bonchev–Trinajstić information content (AvgIpc) is 2.45. The van der Waals surface area contributed by atoms with Crippen molar-refractivity contribution in [2.45, 2.75) is 32.3 Å². The lowest BCUT2D eigenvalue weighted by Crippen LogP contribution is -2.40. The zero-order valence-corrected chi connectivity index (χ0v) is 11.9. The fraction of sp³-hybridized carbons (Fsp3) is 0.600. The number of hydrogen-bond acceptors (Lipinski definition) is 3. The number of ether oxygens (including phenoxy) is 1. The minimum absolute atomic E-state index is 0.654. The van der Waals surface area contributed by atoms with Crippen molar-refractivity contribution in [1.29, 1.82) is 0 Å². The smallest absolute Gasteiger partial charge is 0.118 e. The van der Waals surface area contributed by atoms with Gasteiger partial charge >= 0.3 is 0 Å². The van der Waals surface area contributed by atoms with Gasteiger partial charge < -0.3 is 14.7 Å². The Morgan fingerprint density at radius 2 is 1.61 bits per heavy atom. The van der Waals surface area contributed by atoms with Gasteiger partial charge in [-0.25, -0.2) is 0 Å². The van der Waals surface area contributed by atoms with E-state index in [1.807, 2.05) is 38.1 Å².